The summed E-state index contributed by atoms with van der Waals surface area (Å²) in [6, 6.07) is 17.1. The second kappa shape index (κ2) is 8.55. The van der Waals surface area contributed by atoms with Crippen molar-refractivity contribution in [2.45, 2.75) is 27.7 Å². The number of aromatic nitrogens is 1. The molecule has 0 bridgehead atoms. The molecule has 0 atom stereocenters. The number of para-hydroxylation sites is 1. The number of Topliss-reactive ketones (excluding diaryl/α,β-unsaturated/α-hetero) is 1. The van der Waals surface area contributed by atoms with E-state index in [1.165, 1.54) is 4.57 Å². The standard InChI is InChI=1S/C24H21BrN2O2S/c1-15-9-5-8-12-19(15)27-22(29)20(13-16-10-6-7-11-18(16)25)30-23(27)17(14-26)21(28)24(2,3)4/h5-13H,1-4H3/b20-13-,23-17-. The SMILES string of the molecule is Cc1ccccc1-n1c(=O)/c(=C/c2ccccc2Br)s/c1=C(/C#N)C(=O)C(C)(C)C. The van der Waals surface area contributed by atoms with E-state index in [-0.39, 0.29) is 16.9 Å². The normalized spacial score (nSPS) is 13.1. The highest BCUT2D eigenvalue weighted by molar-refractivity contribution is 9.10. The van der Waals surface area contributed by atoms with Crippen LogP contribution in [0.15, 0.2) is 57.8 Å². The van der Waals surface area contributed by atoms with E-state index < -0.39 is 5.41 Å². The van der Waals surface area contributed by atoms with E-state index >= 15 is 0 Å². The van der Waals surface area contributed by atoms with Crippen LogP contribution in [-0.4, -0.2) is 10.4 Å². The number of benzene rings is 2. The van der Waals surface area contributed by atoms with E-state index in [1.54, 1.807) is 26.8 Å². The van der Waals surface area contributed by atoms with Crippen molar-refractivity contribution >= 4 is 44.7 Å². The molecule has 0 aliphatic rings. The van der Waals surface area contributed by atoms with Gasteiger partial charge in [-0.25, -0.2) is 0 Å². The van der Waals surface area contributed by atoms with Gasteiger partial charge in [0.1, 0.15) is 16.3 Å². The Morgan fingerprint density at radius 3 is 2.37 bits per heavy atom. The topological polar surface area (TPSA) is 62.9 Å². The van der Waals surface area contributed by atoms with Crippen LogP contribution in [-0.2, 0) is 4.79 Å². The molecule has 0 N–H and O–H groups in total. The first-order valence-electron chi connectivity index (χ1n) is 9.38. The Labute approximate surface area is 187 Å². The molecule has 0 aliphatic carbocycles. The van der Waals surface area contributed by atoms with Crippen molar-refractivity contribution in [2.24, 2.45) is 5.41 Å². The molecule has 0 saturated heterocycles. The quantitative estimate of drug-likeness (QED) is 0.566. The van der Waals surface area contributed by atoms with Crippen molar-refractivity contribution in [3.8, 4) is 11.8 Å². The molecular weight excluding hydrogens is 460 g/mol. The zero-order chi connectivity index (χ0) is 22.1. The third-order valence-corrected chi connectivity index (χ3v) is 6.42. The Bertz CT molecular complexity index is 1350. The number of aryl methyl sites for hydroxylation is 1. The van der Waals surface area contributed by atoms with Gasteiger partial charge in [0.15, 0.2) is 5.78 Å². The Morgan fingerprint density at radius 1 is 1.13 bits per heavy atom. The molecule has 6 heteroatoms. The third-order valence-electron chi connectivity index (χ3n) is 4.61. The summed E-state index contributed by atoms with van der Waals surface area (Å²) >= 11 is 4.67. The van der Waals surface area contributed by atoms with E-state index in [4.69, 9.17) is 0 Å². The van der Waals surface area contributed by atoms with Crippen LogP contribution in [0.2, 0.25) is 0 Å². The predicted molar refractivity (Wildman–Crippen MR) is 125 cm³/mol. The zero-order valence-corrected chi connectivity index (χ0v) is 19.6. The van der Waals surface area contributed by atoms with Gasteiger partial charge in [-0.1, -0.05) is 73.1 Å². The van der Waals surface area contributed by atoms with Gasteiger partial charge in [0.05, 0.1) is 10.2 Å². The fraction of sp³-hybridized carbons (Fsp3) is 0.208. The molecule has 3 aromatic rings. The maximum atomic E-state index is 13.4. The van der Waals surface area contributed by atoms with Crippen molar-refractivity contribution in [1.82, 2.24) is 4.57 Å². The van der Waals surface area contributed by atoms with Crippen LogP contribution in [0.3, 0.4) is 0 Å². The van der Waals surface area contributed by atoms with E-state index in [2.05, 4.69) is 22.0 Å². The minimum absolute atomic E-state index is 0.000342. The zero-order valence-electron chi connectivity index (χ0n) is 17.2. The largest absolute Gasteiger partial charge is 0.293 e. The van der Waals surface area contributed by atoms with Crippen molar-refractivity contribution < 1.29 is 4.79 Å². The first-order chi connectivity index (χ1) is 14.1. The Kier molecular flexibility index (Phi) is 6.25. The minimum atomic E-state index is -0.742. The highest BCUT2D eigenvalue weighted by Gasteiger charge is 2.27. The number of hydrogen-bond acceptors (Lipinski definition) is 4. The molecule has 1 aromatic heterocycles. The molecule has 0 fully saturated rings. The van der Waals surface area contributed by atoms with Crippen LogP contribution in [0.25, 0.3) is 17.3 Å². The number of thiazole rings is 1. The van der Waals surface area contributed by atoms with Gasteiger partial charge < -0.3 is 0 Å². The smallest absolute Gasteiger partial charge is 0.273 e. The summed E-state index contributed by atoms with van der Waals surface area (Å²) in [5, 5.41) is 9.85. The highest BCUT2D eigenvalue weighted by Crippen LogP contribution is 2.20. The molecule has 0 unspecified atom stereocenters. The number of ketones is 1. The Balaban J connectivity index is 2.50. The van der Waals surface area contributed by atoms with Crippen molar-refractivity contribution in [2.75, 3.05) is 0 Å². The predicted octanol–water partition coefficient (Wildman–Crippen LogP) is 4.09. The number of nitriles is 1. The number of nitrogens with zero attached hydrogens (tertiary/aromatic N) is 2. The summed E-state index contributed by atoms with van der Waals surface area (Å²) < 4.78 is 3.16. The Hall–Kier alpha value is -2.75. The molecule has 4 nitrogen and oxygen atoms in total. The lowest BCUT2D eigenvalue weighted by Gasteiger charge is -2.15. The van der Waals surface area contributed by atoms with Gasteiger partial charge in [0.2, 0.25) is 0 Å². The molecule has 30 heavy (non-hydrogen) atoms. The summed E-state index contributed by atoms with van der Waals surface area (Å²) in [6.07, 6.45) is 1.78. The van der Waals surface area contributed by atoms with E-state index in [9.17, 15) is 14.9 Å². The average Bonchev–Trinajstić information content (AvgIpc) is 3.00. The van der Waals surface area contributed by atoms with E-state index in [1.807, 2.05) is 55.5 Å². The van der Waals surface area contributed by atoms with Gasteiger partial charge in [0, 0.05) is 9.89 Å². The molecule has 1 heterocycles. The molecule has 152 valence electrons. The highest BCUT2D eigenvalue weighted by atomic mass is 79.9. The van der Waals surface area contributed by atoms with Crippen LogP contribution < -0.4 is 14.8 Å². The fourth-order valence-corrected chi connectivity index (χ4v) is 4.47. The number of carbonyl (C=O) groups excluding carboxylic acids is 1. The van der Waals surface area contributed by atoms with Crippen LogP contribution in [0.5, 0.6) is 0 Å². The van der Waals surface area contributed by atoms with Gasteiger partial charge in [0.25, 0.3) is 5.56 Å². The molecule has 0 aliphatic heterocycles. The summed E-state index contributed by atoms with van der Waals surface area (Å²) in [4.78, 5) is 26.5. The van der Waals surface area contributed by atoms with Crippen molar-refractivity contribution in [3.63, 3.8) is 0 Å². The summed E-state index contributed by atoms with van der Waals surface area (Å²) in [5.74, 6) is -0.291. The molecule has 0 spiro atoms. The third kappa shape index (κ3) is 4.23. The molecule has 3 rings (SSSR count). The first kappa shape index (κ1) is 21.9. The van der Waals surface area contributed by atoms with E-state index in [0.717, 1.165) is 26.9 Å². The summed E-state index contributed by atoms with van der Waals surface area (Å²) in [7, 11) is 0. The number of carbonyl (C=O) groups is 1. The van der Waals surface area contributed by atoms with Gasteiger partial charge in [-0.05, 0) is 36.3 Å². The number of halogens is 1. The van der Waals surface area contributed by atoms with Gasteiger partial charge in [-0.2, -0.15) is 5.26 Å². The molecule has 2 aromatic carbocycles. The Morgan fingerprint density at radius 2 is 1.77 bits per heavy atom. The van der Waals surface area contributed by atoms with Gasteiger partial charge >= 0.3 is 0 Å². The van der Waals surface area contributed by atoms with Crippen molar-refractivity contribution in [3.05, 3.63) is 83.7 Å². The van der Waals surface area contributed by atoms with Gasteiger partial charge in [-0.15, -0.1) is 11.3 Å². The monoisotopic (exact) mass is 480 g/mol. The maximum absolute atomic E-state index is 13.4. The molecule has 0 saturated carbocycles. The van der Waals surface area contributed by atoms with Crippen molar-refractivity contribution in [1.29, 1.82) is 5.26 Å². The maximum Gasteiger partial charge on any atom is 0.273 e. The fourth-order valence-electron chi connectivity index (χ4n) is 2.99. The van der Waals surface area contributed by atoms with Gasteiger partial charge in [-0.3, -0.25) is 14.2 Å². The lowest BCUT2D eigenvalue weighted by molar-refractivity contribution is -0.120. The molecule has 0 amide bonds. The second-order valence-corrected chi connectivity index (χ2v) is 9.82. The number of rotatable bonds is 3. The minimum Gasteiger partial charge on any atom is -0.293 e. The van der Waals surface area contributed by atoms with E-state index in [0.29, 0.717) is 14.9 Å². The first-order valence-corrected chi connectivity index (χ1v) is 11.0. The van der Waals surface area contributed by atoms with Crippen LogP contribution in [0, 0.1) is 23.7 Å². The second-order valence-electron chi connectivity index (χ2n) is 7.93. The lowest BCUT2D eigenvalue weighted by Crippen LogP contribution is -2.33. The van der Waals surface area contributed by atoms with Crippen LogP contribution in [0.1, 0.15) is 31.9 Å². The summed E-state index contributed by atoms with van der Waals surface area (Å²) in [5.41, 5.74) is 1.39. The molecular formula is C24H21BrN2O2S. The lowest BCUT2D eigenvalue weighted by atomic mass is 9.87. The summed E-state index contributed by atoms with van der Waals surface area (Å²) in [6.45, 7) is 7.21. The number of hydrogen-bond donors (Lipinski definition) is 0. The molecule has 0 radical (unpaired) electrons. The van der Waals surface area contributed by atoms with Crippen LogP contribution in [0.4, 0.5) is 0 Å². The average molecular weight is 481 g/mol. The van der Waals surface area contributed by atoms with Crippen LogP contribution >= 0.6 is 27.3 Å².